The summed E-state index contributed by atoms with van der Waals surface area (Å²) in [4.78, 5) is 0. The number of anilines is 1. The Morgan fingerprint density at radius 2 is 2.23 bits per heavy atom. The molecule has 1 heterocycles. The Bertz CT molecular complexity index is 406. The topological polar surface area (TPSA) is 69.6 Å². The van der Waals surface area contributed by atoms with E-state index in [1.807, 2.05) is 25.1 Å². The fourth-order valence-electron chi connectivity index (χ4n) is 1.15. The van der Waals surface area contributed by atoms with Crippen LogP contribution in [-0.4, -0.2) is 20.2 Å². The summed E-state index contributed by atoms with van der Waals surface area (Å²) in [5.41, 5.74) is 8.39. The minimum atomic E-state index is 0.673. The Balaban J connectivity index is 2.53. The lowest BCUT2D eigenvalue weighted by atomic mass is 10.2. The summed E-state index contributed by atoms with van der Waals surface area (Å²) >= 11 is 0. The van der Waals surface area contributed by atoms with Gasteiger partial charge in [0.1, 0.15) is 6.33 Å². The average Bonchev–Trinajstić information content (AvgIpc) is 2.56. The molecule has 13 heavy (non-hydrogen) atoms. The number of tetrazole rings is 1. The van der Waals surface area contributed by atoms with Crippen LogP contribution in [0.25, 0.3) is 5.69 Å². The quantitative estimate of drug-likeness (QED) is 0.642. The molecule has 2 rings (SSSR count). The molecular weight excluding hydrogens is 166 g/mol. The van der Waals surface area contributed by atoms with Gasteiger partial charge in [-0.25, -0.2) is 0 Å². The Kier molecular flexibility index (Phi) is 1.70. The van der Waals surface area contributed by atoms with Crippen molar-refractivity contribution >= 4 is 5.69 Å². The van der Waals surface area contributed by atoms with Crippen LogP contribution in [-0.2, 0) is 0 Å². The smallest absolute Gasteiger partial charge is 0.143 e. The maximum absolute atomic E-state index is 5.80. The zero-order chi connectivity index (χ0) is 9.26. The molecule has 0 bridgehead atoms. The van der Waals surface area contributed by atoms with Crippen molar-refractivity contribution in [2.45, 2.75) is 6.92 Å². The van der Waals surface area contributed by atoms with Crippen molar-refractivity contribution in [2.24, 2.45) is 0 Å². The summed E-state index contributed by atoms with van der Waals surface area (Å²) in [5.74, 6) is 0. The number of benzene rings is 1. The van der Waals surface area contributed by atoms with E-state index in [9.17, 15) is 0 Å². The third kappa shape index (κ3) is 1.35. The Hall–Kier alpha value is -1.91. The summed E-state index contributed by atoms with van der Waals surface area (Å²) < 4.78 is 1.54. The second-order valence-electron chi connectivity index (χ2n) is 2.82. The van der Waals surface area contributed by atoms with Crippen LogP contribution in [0.1, 0.15) is 5.56 Å². The lowest BCUT2D eigenvalue weighted by Crippen LogP contribution is -2.00. The van der Waals surface area contributed by atoms with Gasteiger partial charge in [0.25, 0.3) is 0 Å². The van der Waals surface area contributed by atoms with Crippen LogP contribution in [0, 0.1) is 6.92 Å². The maximum atomic E-state index is 5.80. The molecule has 0 atom stereocenters. The Labute approximate surface area is 75.2 Å². The zero-order valence-electron chi connectivity index (χ0n) is 7.18. The van der Waals surface area contributed by atoms with Gasteiger partial charge < -0.3 is 5.73 Å². The van der Waals surface area contributed by atoms with E-state index >= 15 is 0 Å². The molecule has 0 radical (unpaired) electrons. The largest absolute Gasteiger partial charge is 0.397 e. The first-order valence-corrected chi connectivity index (χ1v) is 3.87. The number of nitrogens with two attached hydrogens (primary N) is 1. The van der Waals surface area contributed by atoms with E-state index in [1.54, 1.807) is 0 Å². The van der Waals surface area contributed by atoms with E-state index < -0.39 is 0 Å². The first-order chi connectivity index (χ1) is 6.27. The predicted octanol–water partition coefficient (Wildman–Crippen LogP) is 0.553. The molecule has 0 saturated carbocycles. The van der Waals surface area contributed by atoms with Crippen molar-refractivity contribution in [3.05, 3.63) is 30.1 Å². The monoisotopic (exact) mass is 175 g/mol. The van der Waals surface area contributed by atoms with Gasteiger partial charge in [0.2, 0.25) is 0 Å². The van der Waals surface area contributed by atoms with Crippen LogP contribution in [0.4, 0.5) is 5.69 Å². The number of nitrogens with zero attached hydrogens (tertiary/aromatic N) is 4. The van der Waals surface area contributed by atoms with Crippen molar-refractivity contribution < 1.29 is 0 Å². The lowest BCUT2D eigenvalue weighted by Gasteiger charge is -2.03. The molecule has 1 aromatic carbocycles. The van der Waals surface area contributed by atoms with Crippen molar-refractivity contribution in [2.75, 3.05) is 5.73 Å². The van der Waals surface area contributed by atoms with Gasteiger partial charge in [0.05, 0.1) is 11.4 Å². The minimum Gasteiger partial charge on any atom is -0.397 e. The number of rotatable bonds is 1. The molecule has 1 aromatic heterocycles. The molecule has 5 heteroatoms. The number of aromatic nitrogens is 4. The highest BCUT2D eigenvalue weighted by molar-refractivity contribution is 5.58. The van der Waals surface area contributed by atoms with Crippen molar-refractivity contribution in [1.82, 2.24) is 20.2 Å². The van der Waals surface area contributed by atoms with Crippen LogP contribution in [0.15, 0.2) is 24.5 Å². The van der Waals surface area contributed by atoms with Crippen LogP contribution < -0.4 is 5.73 Å². The highest BCUT2D eigenvalue weighted by atomic mass is 15.5. The summed E-state index contributed by atoms with van der Waals surface area (Å²) in [7, 11) is 0. The highest BCUT2D eigenvalue weighted by Gasteiger charge is 2.01. The van der Waals surface area contributed by atoms with E-state index in [0.717, 1.165) is 11.3 Å². The van der Waals surface area contributed by atoms with Crippen molar-refractivity contribution in [1.29, 1.82) is 0 Å². The fraction of sp³-hybridized carbons (Fsp3) is 0.125. The molecule has 0 unspecified atom stereocenters. The highest BCUT2D eigenvalue weighted by Crippen LogP contribution is 2.16. The third-order valence-electron chi connectivity index (χ3n) is 1.78. The predicted molar refractivity (Wildman–Crippen MR) is 48.3 cm³/mol. The first-order valence-electron chi connectivity index (χ1n) is 3.87. The fourth-order valence-corrected chi connectivity index (χ4v) is 1.15. The first kappa shape index (κ1) is 7.72. The number of hydrogen-bond acceptors (Lipinski definition) is 4. The molecular formula is C8H9N5. The van der Waals surface area contributed by atoms with E-state index in [4.69, 9.17) is 5.73 Å². The van der Waals surface area contributed by atoms with Crippen LogP contribution >= 0.6 is 0 Å². The van der Waals surface area contributed by atoms with Gasteiger partial charge in [-0.1, -0.05) is 6.07 Å². The lowest BCUT2D eigenvalue weighted by molar-refractivity contribution is 0.790. The summed E-state index contributed by atoms with van der Waals surface area (Å²) in [6, 6.07) is 5.74. The second-order valence-corrected chi connectivity index (χ2v) is 2.82. The molecule has 0 aliphatic carbocycles. The maximum Gasteiger partial charge on any atom is 0.143 e. The van der Waals surface area contributed by atoms with Gasteiger partial charge in [-0.05, 0) is 35.0 Å². The zero-order valence-corrected chi connectivity index (χ0v) is 7.18. The summed E-state index contributed by atoms with van der Waals surface area (Å²) in [6.07, 6.45) is 1.51. The molecule has 5 nitrogen and oxygen atoms in total. The standard InChI is InChI=1S/C8H9N5/c1-6-2-3-8(7(9)4-6)13-5-10-11-12-13/h2-5H,9H2,1H3. The van der Waals surface area contributed by atoms with Crippen LogP contribution in [0.5, 0.6) is 0 Å². The molecule has 2 aromatic rings. The van der Waals surface area contributed by atoms with E-state index in [-0.39, 0.29) is 0 Å². The number of hydrogen-bond donors (Lipinski definition) is 1. The molecule has 0 spiro atoms. The SMILES string of the molecule is Cc1ccc(-n2cnnn2)c(N)c1. The van der Waals surface area contributed by atoms with Crippen LogP contribution in [0.3, 0.4) is 0 Å². The van der Waals surface area contributed by atoms with Crippen LogP contribution in [0.2, 0.25) is 0 Å². The average molecular weight is 175 g/mol. The van der Waals surface area contributed by atoms with E-state index in [1.165, 1.54) is 11.0 Å². The molecule has 0 amide bonds. The van der Waals surface area contributed by atoms with Gasteiger partial charge in [-0.2, -0.15) is 4.68 Å². The normalized spacial score (nSPS) is 10.2. The second kappa shape index (κ2) is 2.85. The Morgan fingerprint density at radius 1 is 1.38 bits per heavy atom. The molecule has 2 N–H and O–H groups in total. The number of nitrogen functional groups attached to an aromatic ring is 1. The molecule has 0 saturated heterocycles. The molecule has 66 valence electrons. The Morgan fingerprint density at radius 3 is 2.85 bits per heavy atom. The molecule has 0 aliphatic heterocycles. The van der Waals surface area contributed by atoms with E-state index in [0.29, 0.717) is 5.69 Å². The van der Waals surface area contributed by atoms with Gasteiger partial charge in [0.15, 0.2) is 0 Å². The molecule has 0 aliphatic rings. The number of aryl methyl sites for hydroxylation is 1. The minimum absolute atomic E-state index is 0.673. The van der Waals surface area contributed by atoms with Gasteiger partial charge >= 0.3 is 0 Å². The third-order valence-corrected chi connectivity index (χ3v) is 1.78. The van der Waals surface area contributed by atoms with Crippen molar-refractivity contribution in [3.8, 4) is 5.69 Å². The van der Waals surface area contributed by atoms with Gasteiger partial charge in [-0.3, -0.25) is 0 Å². The van der Waals surface area contributed by atoms with Crippen molar-refractivity contribution in [3.63, 3.8) is 0 Å². The molecule has 0 fully saturated rings. The summed E-state index contributed by atoms with van der Waals surface area (Å²) in [5, 5.41) is 10.8. The van der Waals surface area contributed by atoms with Gasteiger partial charge in [-0.15, -0.1) is 5.10 Å². The summed E-state index contributed by atoms with van der Waals surface area (Å²) in [6.45, 7) is 1.99. The van der Waals surface area contributed by atoms with Gasteiger partial charge in [0, 0.05) is 0 Å². The van der Waals surface area contributed by atoms with E-state index in [2.05, 4.69) is 15.5 Å².